The summed E-state index contributed by atoms with van der Waals surface area (Å²) in [7, 11) is -3.99. The number of phenolic OH excluding ortho intramolecular Hbond substituents is 1. The van der Waals surface area contributed by atoms with Crippen LogP contribution in [0.3, 0.4) is 0 Å². The predicted molar refractivity (Wildman–Crippen MR) is 201 cm³/mol. The first-order valence-electron chi connectivity index (χ1n) is 17.6. The smallest absolute Gasteiger partial charge is 0.268 e. The van der Waals surface area contributed by atoms with Crippen molar-refractivity contribution < 1.29 is 27.9 Å². The molecule has 4 aromatic carbocycles. The van der Waals surface area contributed by atoms with Crippen molar-refractivity contribution in [3.63, 3.8) is 0 Å². The van der Waals surface area contributed by atoms with Crippen molar-refractivity contribution in [2.75, 3.05) is 19.6 Å². The molecule has 1 N–H and O–H groups in total. The van der Waals surface area contributed by atoms with Gasteiger partial charge in [-0.2, -0.15) is 0 Å². The Bertz CT molecular complexity index is 2270. The third-order valence-corrected chi connectivity index (χ3v) is 11.6. The van der Waals surface area contributed by atoms with Gasteiger partial charge in [-0.3, -0.25) is 14.4 Å². The number of hydrogen-bond donors (Lipinski definition) is 1. The Kier molecular flexibility index (Phi) is 9.91. The number of aromatic hydroxyl groups is 1. The number of carbonyl (C=O) groups excluding carboxylic acids is 3. The van der Waals surface area contributed by atoms with Gasteiger partial charge in [0.15, 0.2) is 0 Å². The second-order valence-electron chi connectivity index (χ2n) is 13.5. The molecule has 7 rings (SSSR count). The summed E-state index contributed by atoms with van der Waals surface area (Å²) in [5.41, 5.74) is 3.74. The molecule has 1 aromatic heterocycles. The van der Waals surface area contributed by atoms with Crippen LogP contribution in [-0.2, 0) is 43.8 Å². The zero-order valence-electron chi connectivity index (χ0n) is 29.4. The second kappa shape index (κ2) is 14.7. The van der Waals surface area contributed by atoms with Gasteiger partial charge in [0.05, 0.1) is 23.5 Å². The molecule has 0 saturated carbocycles. The van der Waals surface area contributed by atoms with Crippen LogP contribution in [0.15, 0.2) is 127 Å². The van der Waals surface area contributed by atoms with E-state index in [9.17, 15) is 27.9 Å². The van der Waals surface area contributed by atoms with Crippen LogP contribution in [0.4, 0.5) is 0 Å². The summed E-state index contributed by atoms with van der Waals surface area (Å²) in [4.78, 5) is 46.1. The maximum atomic E-state index is 14.6. The summed E-state index contributed by atoms with van der Waals surface area (Å²) in [6.07, 6.45) is 3.19. The van der Waals surface area contributed by atoms with E-state index in [1.54, 1.807) is 75.7 Å². The number of benzene rings is 4. The number of aryl methyl sites for hydroxylation is 2. The molecule has 272 valence electrons. The van der Waals surface area contributed by atoms with Gasteiger partial charge in [0.25, 0.3) is 10.0 Å². The van der Waals surface area contributed by atoms with Crippen LogP contribution >= 0.6 is 0 Å². The third kappa shape index (κ3) is 7.07. The topological polar surface area (TPSA) is 123 Å². The number of hydrazine groups is 1. The van der Waals surface area contributed by atoms with E-state index in [1.807, 2.05) is 49.4 Å². The largest absolute Gasteiger partial charge is 0.508 e. The molecule has 2 aliphatic rings. The zero-order chi connectivity index (χ0) is 37.3. The standard InChI is InChI=1S/C41H41N5O6S/c1-3-23-43-28-40(49)45-37(24-31-15-18-33(47)19-16-31)41(50)42(27-38(45)46(43)39(48)22-17-30-9-5-4-6-10-30)25-32-26-44(36-12-8-7-11-35(32)36)53(51,52)34-20-13-29(2)14-21-34/h3-16,18-21,26,37-38,47H,1,17,22-25,27-28H2,2H3/t37-,38-/m0/s1. The normalized spacial score (nSPS) is 18.0. The van der Waals surface area contributed by atoms with E-state index in [1.165, 1.54) is 21.0 Å². The first kappa shape index (κ1) is 35.7. The van der Waals surface area contributed by atoms with Crippen molar-refractivity contribution in [2.24, 2.45) is 0 Å². The van der Waals surface area contributed by atoms with Gasteiger partial charge in [0, 0.05) is 37.5 Å². The van der Waals surface area contributed by atoms with Crippen LogP contribution in [0.2, 0.25) is 0 Å². The summed E-state index contributed by atoms with van der Waals surface area (Å²) in [6.45, 7) is 5.93. The molecule has 2 saturated heterocycles. The maximum absolute atomic E-state index is 14.6. The molecular weight excluding hydrogens is 691 g/mol. The van der Waals surface area contributed by atoms with Gasteiger partial charge in [-0.15, -0.1) is 6.58 Å². The van der Waals surface area contributed by atoms with Crippen molar-refractivity contribution in [1.82, 2.24) is 23.8 Å². The van der Waals surface area contributed by atoms with Gasteiger partial charge in [-0.1, -0.05) is 84.4 Å². The Morgan fingerprint density at radius 2 is 1.60 bits per heavy atom. The molecule has 3 amide bonds. The van der Waals surface area contributed by atoms with Crippen molar-refractivity contribution >= 4 is 38.6 Å². The molecule has 11 nitrogen and oxygen atoms in total. The molecule has 53 heavy (non-hydrogen) atoms. The number of para-hydroxylation sites is 1. The number of amides is 3. The minimum Gasteiger partial charge on any atom is -0.508 e. The van der Waals surface area contributed by atoms with Crippen molar-refractivity contribution in [3.05, 3.63) is 144 Å². The first-order valence-corrected chi connectivity index (χ1v) is 19.0. The molecule has 2 fully saturated rings. The highest BCUT2D eigenvalue weighted by Crippen LogP contribution is 2.33. The summed E-state index contributed by atoms with van der Waals surface area (Å²) in [5, 5.41) is 13.9. The SMILES string of the molecule is C=CCN1CC(=O)N2[C@@H](Cc3ccc(O)cc3)C(=O)N(Cc3cn(S(=O)(=O)c4ccc(C)cc4)c4ccccc34)C[C@@H]2N1C(=O)CCc1ccccc1. The molecule has 12 heteroatoms. The van der Waals surface area contributed by atoms with E-state index in [0.717, 1.165) is 16.7 Å². The van der Waals surface area contributed by atoms with Crippen LogP contribution in [0.1, 0.15) is 28.7 Å². The number of phenols is 1. The quantitative estimate of drug-likeness (QED) is 0.192. The molecule has 0 spiro atoms. The van der Waals surface area contributed by atoms with Crippen LogP contribution < -0.4 is 0 Å². The number of aromatic nitrogens is 1. The lowest BCUT2D eigenvalue weighted by molar-refractivity contribution is -0.205. The van der Waals surface area contributed by atoms with Gasteiger partial charge in [0.2, 0.25) is 17.7 Å². The minimum absolute atomic E-state index is 0.00555. The average Bonchev–Trinajstić information content (AvgIpc) is 3.53. The lowest BCUT2D eigenvalue weighted by atomic mass is 9.98. The van der Waals surface area contributed by atoms with Crippen molar-refractivity contribution in [1.29, 1.82) is 0 Å². The molecule has 0 bridgehead atoms. The number of piperazine rings is 1. The van der Waals surface area contributed by atoms with Crippen molar-refractivity contribution in [2.45, 2.75) is 49.8 Å². The Morgan fingerprint density at radius 3 is 2.32 bits per heavy atom. The molecule has 0 aliphatic carbocycles. The fourth-order valence-electron chi connectivity index (χ4n) is 7.34. The molecule has 2 atom stereocenters. The monoisotopic (exact) mass is 731 g/mol. The van der Waals surface area contributed by atoms with Crippen LogP contribution in [0, 0.1) is 6.92 Å². The Balaban J connectivity index is 1.28. The molecular formula is C41H41N5O6S. The number of hydrogen-bond acceptors (Lipinski definition) is 7. The highest BCUT2D eigenvalue weighted by Gasteiger charge is 2.51. The van der Waals surface area contributed by atoms with Gasteiger partial charge in [0.1, 0.15) is 18.0 Å². The Labute approximate surface area is 309 Å². The fourth-order valence-corrected chi connectivity index (χ4v) is 8.73. The van der Waals surface area contributed by atoms with E-state index in [2.05, 4.69) is 6.58 Å². The van der Waals surface area contributed by atoms with Crippen LogP contribution in [0.25, 0.3) is 10.9 Å². The maximum Gasteiger partial charge on any atom is 0.268 e. The van der Waals surface area contributed by atoms with Gasteiger partial charge >= 0.3 is 0 Å². The van der Waals surface area contributed by atoms with E-state index in [0.29, 0.717) is 22.9 Å². The lowest BCUT2D eigenvalue weighted by Crippen LogP contribution is -2.75. The summed E-state index contributed by atoms with van der Waals surface area (Å²) >= 11 is 0. The van der Waals surface area contributed by atoms with E-state index >= 15 is 0 Å². The second-order valence-corrected chi connectivity index (χ2v) is 15.3. The van der Waals surface area contributed by atoms with Gasteiger partial charge < -0.3 is 14.9 Å². The van der Waals surface area contributed by atoms with Gasteiger partial charge in [-0.05, 0) is 60.4 Å². The molecule has 0 unspecified atom stereocenters. The fraction of sp³-hybridized carbons (Fsp3) is 0.244. The number of carbonyl (C=O) groups is 3. The predicted octanol–water partition coefficient (Wildman–Crippen LogP) is 4.88. The van der Waals surface area contributed by atoms with E-state index in [4.69, 9.17) is 0 Å². The van der Waals surface area contributed by atoms with E-state index < -0.39 is 22.2 Å². The van der Waals surface area contributed by atoms with E-state index in [-0.39, 0.29) is 67.4 Å². The first-order chi connectivity index (χ1) is 25.5. The lowest BCUT2D eigenvalue weighted by Gasteiger charge is -2.55. The molecule has 5 aromatic rings. The Hall–Kier alpha value is -5.72. The van der Waals surface area contributed by atoms with Crippen LogP contribution in [-0.4, -0.2) is 86.9 Å². The summed E-state index contributed by atoms with van der Waals surface area (Å²) in [6, 6.07) is 29.0. The van der Waals surface area contributed by atoms with Crippen molar-refractivity contribution in [3.8, 4) is 5.75 Å². The van der Waals surface area contributed by atoms with Crippen LogP contribution in [0.5, 0.6) is 5.75 Å². The third-order valence-electron chi connectivity index (χ3n) is 9.96. The Morgan fingerprint density at radius 1 is 0.906 bits per heavy atom. The zero-order valence-corrected chi connectivity index (χ0v) is 30.2. The highest BCUT2D eigenvalue weighted by molar-refractivity contribution is 7.90. The number of rotatable bonds is 11. The molecule has 0 radical (unpaired) electrons. The summed E-state index contributed by atoms with van der Waals surface area (Å²) < 4.78 is 29.2. The minimum atomic E-state index is -3.99. The highest BCUT2D eigenvalue weighted by atomic mass is 32.2. The summed E-state index contributed by atoms with van der Waals surface area (Å²) in [5.74, 6) is -0.738. The van der Waals surface area contributed by atoms with Gasteiger partial charge in [-0.25, -0.2) is 22.4 Å². The number of nitrogens with zero attached hydrogens (tertiary/aromatic N) is 5. The average molecular weight is 732 g/mol. The molecule has 2 aliphatic heterocycles. The number of fused-ring (bicyclic) bond motifs is 2. The molecule has 3 heterocycles.